The molecule has 1 aromatic carbocycles. The summed E-state index contributed by atoms with van der Waals surface area (Å²) < 4.78 is 6.08. The molecule has 0 saturated carbocycles. The second kappa shape index (κ2) is 6.66. The largest absolute Gasteiger partial charge is 0.460 e. The summed E-state index contributed by atoms with van der Waals surface area (Å²) >= 11 is 3.36. The van der Waals surface area contributed by atoms with E-state index in [0.717, 1.165) is 16.5 Å². The summed E-state index contributed by atoms with van der Waals surface area (Å²) in [6.45, 7) is 2.26. The fourth-order valence-electron chi connectivity index (χ4n) is 1.32. The molecule has 4 heteroatoms. The number of esters is 1. The zero-order chi connectivity index (χ0) is 12.0. The Morgan fingerprint density at radius 3 is 2.94 bits per heavy atom. The van der Waals surface area contributed by atoms with Crippen LogP contribution in [0.25, 0.3) is 0 Å². The molecule has 0 amide bonds. The van der Waals surface area contributed by atoms with Crippen molar-refractivity contribution in [3.63, 3.8) is 0 Å². The minimum Gasteiger partial charge on any atom is -0.460 e. The average Bonchev–Trinajstić information content (AvgIpc) is 2.26. The van der Waals surface area contributed by atoms with E-state index in [9.17, 15) is 4.79 Å². The van der Waals surface area contributed by atoms with E-state index in [4.69, 9.17) is 10.5 Å². The highest BCUT2D eigenvalue weighted by molar-refractivity contribution is 9.10. The van der Waals surface area contributed by atoms with E-state index in [-0.39, 0.29) is 12.6 Å². The van der Waals surface area contributed by atoms with E-state index < -0.39 is 6.04 Å². The van der Waals surface area contributed by atoms with Gasteiger partial charge in [-0.3, -0.25) is 4.79 Å². The molecule has 0 aliphatic heterocycles. The topological polar surface area (TPSA) is 52.3 Å². The molecule has 0 aromatic heterocycles. The quantitative estimate of drug-likeness (QED) is 0.846. The smallest absolute Gasteiger partial charge is 0.323 e. The number of nitrogens with two attached hydrogens (primary N) is 1. The first-order valence-electron chi connectivity index (χ1n) is 5.30. The van der Waals surface area contributed by atoms with Gasteiger partial charge in [0.1, 0.15) is 12.6 Å². The van der Waals surface area contributed by atoms with Crippen molar-refractivity contribution in [3.8, 4) is 0 Å². The van der Waals surface area contributed by atoms with Crippen LogP contribution in [0.15, 0.2) is 28.7 Å². The van der Waals surface area contributed by atoms with Gasteiger partial charge < -0.3 is 10.5 Å². The van der Waals surface area contributed by atoms with E-state index in [1.807, 2.05) is 31.2 Å². The van der Waals surface area contributed by atoms with Crippen molar-refractivity contribution in [2.45, 2.75) is 32.4 Å². The summed E-state index contributed by atoms with van der Waals surface area (Å²) in [6.07, 6.45) is 1.55. The number of carbonyl (C=O) groups is 1. The Labute approximate surface area is 104 Å². The van der Waals surface area contributed by atoms with Gasteiger partial charge in [-0.15, -0.1) is 0 Å². The third kappa shape index (κ3) is 4.33. The molecule has 1 aromatic rings. The molecular formula is C12H16BrNO2. The fourth-order valence-corrected chi connectivity index (χ4v) is 1.76. The first kappa shape index (κ1) is 13.2. The number of halogens is 1. The Bertz CT molecular complexity index is 355. The van der Waals surface area contributed by atoms with Crippen LogP contribution >= 0.6 is 15.9 Å². The lowest BCUT2D eigenvalue weighted by Crippen LogP contribution is -2.31. The highest BCUT2D eigenvalue weighted by atomic mass is 79.9. The molecular weight excluding hydrogens is 270 g/mol. The van der Waals surface area contributed by atoms with Gasteiger partial charge in [-0.1, -0.05) is 41.4 Å². The first-order chi connectivity index (χ1) is 7.63. The zero-order valence-corrected chi connectivity index (χ0v) is 10.9. The van der Waals surface area contributed by atoms with Crippen LogP contribution in [0.4, 0.5) is 0 Å². The lowest BCUT2D eigenvalue weighted by Gasteiger charge is -2.10. The van der Waals surface area contributed by atoms with Gasteiger partial charge in [-0.25, -0.2) is 0 Å². The Kier molecular flexibility index (Phi) is 5.49. The van der Waals surface area contributed by atoms with Crippen LogP contribution in [-0.2, 0) is 16.1 Å². The normalized spacial score (nSPS) is 12.2. The lowest BCUT2D eigenvalue weighted by atomic mass is 10.2. The molecule has 0 bridgehead atoms. The molecule has 0 aliphatic carbocycles. The SMILES string of the molecule is CCC[C@@H](N)C(=O)OCc1cccc(Br)c1. The number of benzene rings is 1. The molecule has 1 rings (SSSR count). The van der Waals surface area contributed by atoms with Crippen molar-refractivity contribution in [3.05, 3.63) is 34.3 Å². The third-order valence-corrected chi connectivity index (χ3v) is 2.67. The van der Waals surface area contributed by atoms with Gasteiger partial charge in [0, 0.05) is 4.47 Å². The fraction of sp³-hybridized carbons (Fsp3) is 0.417. The minimum atomic E-state index is -0.503. The Morgan fingerprint density at radius 2 is 2.31 bits per heavy atom. The summed E-state index contributed by atoms with van der Waals surface area (Å²) in [5.74, 6) is -0.332. The van der Waals surface area contributed by atoms with Crippen LogP contribution in [0.5, 0.6) is 0 Å². The second-order valence-corrected chi connectivity index (χ2v) is 4.55. The van der Waals surface area contributed by atoms with Crippen LogP contribution in [0.3, 0.4) is 0 Å². The number of hydrogen-bond donors (Lipinski definition) is 1. The van der Waals surface area contributed by atoms with Gasteiger partial charge in [0.05, 0.1) is 0 Å². The minimum absolute atomic E-state index is 0.273. The molecule has 2 N–H and O–H groups in total. The van der Waals surface area contributed by atoms with Crippen LogP contribution in [0.2, 0.25) is 0 Å². The van der Waals surface area contributed by atoms with E-state index in [1.54, 1.807) is 0 Å². The van der Waals surface area contributed by atoms with Crippen LogP contribution in [0, 0.1) is 0 Å². The molecule has 88 valence electrons. The molecule has 0 heterocycles. The third-order valence-electron chi connectivity index (χ3n) is 2.17. The summed E-state index contributed by atoms with van der Waals surface area (Å²) in [4.78, 5) is 11.4. The van der Waals surface area contributed by atoms with Crippen LogP contribution < -0.4 is 5.73 Å². The summed E-state index contributed by atoms with van der Waals surface area (Å²) in [5.41, 5.74) is 6.59. The van der Waals surface area contributed by atoms with Gasteiger partial charge in [0.2, 0.25) is 0 Å². The number of ether oxygens (including phenoxy) is 1. The van der Waals surface area contributed by atoms with Crippen molar-refractivity contribution >= 4 is 21.9 Å². The van der Waals surface area contributed by atoms with Crippen molar-refractivity contribution in [1.82, 2.24) is 0 Å². The molecule has 0 fully saturated rings. The molecule has 0 saturated heterocycles. The van der Waals surface area contributed by atoms with Gasteiger partial charge in [-0.2, -0.15) is 0 Å². The number of rotatable bonds is 5. The van der Waals surface area contributed by atoms with Gasteiger partial charge in [0.15, 0.2) is 0 Å². The molecule has 0 spiro atoms. The van der Waals surface area contributed by atoms with E-state index in [0.29, 0.717) is 6.42 Å². The van der Waals surface area contributed by atoms with Crippen LogP contribution in [-0.4, -0.2) is 12.0 Å². The predicted molar refractivity (Wildman–Crippen MR) is 66.8 cm³/mol. The summed E-state index contributed by atoms with van der Waals surface area (Å²) in [5, 5.41) is 0. The molecule has 0 radical (unpaired) electrons. The Balaban J connectivity index is 2.42. The zero-order valence-electron chi connectivity index (χ0n) is 9.28. The monoisotopic (exact) mass is 285 g/mol. The second-order valence-electron chi connectivity index (χ2n) is 3.63. The highest BCUT2D eigenvalue weighted by Gasteiger charge is 2.13. The van der Waals surface area contributed by atoms with Crippen LogP contribution in [0.1, 0.15) is 25.3 Å². The van der Waals surface area contributed by atoms with Crippen molar-refractivity contribution in [2.24, 2.45) is 5.73 Å². The lowest BCUT2D eigenvalue weighted by molar-refractivity contribution is -0.146. The maximum atomic E-state index is 11.4. The summed E-state index contributed by atoms with van der Waals surface area (Å²) in [7, 11) is 0. The maximum absolute atomic E-state index is 11.4. The van der Waals surface area contributed by atoms with E-state index in [1.165, 1.54) is 0 Å². The molecule has 1 atom stereocenters. The standard InChI is InChI=1S/C12H16BrNO2/c1-2-4-11(14)12(15)16-8-9-5-3-6-10(13)7-9/h3,5-7,11H,2,4,8,14H2,1H3/t11-/m1/s1. The number of hydrogen-bond acceptors (Lipinski definition) is 3. The Hall–Kier alpha value is -0.870. The molecule has 16 heavy (non-hydrogen) atoms. The molecule has 0 unspecified atom stereocenters. The Morgan fingerprint density at radius 1 is 1.56 bits per heavy atom. The van der Waals surface area contributed by atoms with E-state index in [2.05, 4.69) is 15.9 Å². The van der Waals surface area contributed by atoms with Crippen molar-refractivity contribution < 1.29 is 9.53 Å². The van der Waals surface area contributed by atoms with E-state index >= 15 is 0 Å². The molecule has 0 aliphatic rings. The van der Waals surface area contributed by atoms with Gasteiger partial charge in [-0.05, 0) is 24.1 Å². The van der Waals surface area contributed by atoms with Gasteiger partial charge in [0.25, 0.3) is 0 Å². The van der Waals surface area contributed by atoms with Gasteiger partial charge >= 0.3 is 5.97 Å². The highest BCUT2D eigenvalue weighted by Crippen LogP contribution is 2.12. The first-order valence-corrected chi connectivity index (χ1v) is 6.09. The van der Waals surface area contributed by atoms with Crippen molar-refractivity contribution in [2.75, 3.05) is 0 Å². The maximum Gasteiger partial charge on any atom is 0.323 e. The number of carbonyl (C=O) groups excluding carboxylic acids is 1. The average molecular weight is 286 g/mol. The molecule has 3 nitrogen and oxygen atoms in total. The summed E-state index contributed by atoms with van der Waals surface area (Å²) in [6, 6.07) is 7.15. The van der Waals surface area contributed by atoms with Crippen molar-refractivity contribution in [1.29, 1.82) is 0 Å². The predicted octanol–water partition coefficient (Wildman–Crippen LogP) is 2.62.